The normalized spacial score (nSPS) is 28.8. The van der Waals surface area contributed by atoms with Gasteiger partial charge in [0.05, 0.1) is 17.9 Å². The Bertz CT molecular complexity index is 1420. The van der Waals surface area contributed by atoms with Crippen molar-refractivity contribution in [3.8, 4) is 11.8 Å². The van der Waals surface area contributed by atoms with Crippen molar-refractivity contribution >= 4 is 23.9 Å². The van der Waals surface area contributed by atoms with E-state index < -0.39 is 17.8 Å². The summed E-state index contributed by atoms with van der Waals surface area (Å²) in [5.41, 5.74) is 3.37. The maximum atomic E-state index is 13.6. The predicted molar refractivity (Wildman–Crippen MR) is 143 cm³/mol. The van der Waals surface area contributed by atoms with Gasteiger partial charge in [-0.2, -0.15) is 10.4 Å². The van der Waals surface area contributed by atoms with E-state index in [4.69, 9.17) is 9.84 Å². The number of nitrogens with zero attached hydrogens (tertiary/aromatic N) is 4. The van der Waals surface area contributed by atoms with E-state index in [2.05, 4.69) is 0 Å². The Balaban J connectivity index is 1.46. The summed E-state index contributed by atoms with van der Waals surface area (Å²) >= 11 is 0. The second kappa shape index (κ2) is 9.64. The van der Waals surface area contributed by atoms with Crippen LogP contribution in [0.1, 0.15) is 63.6 Å². The number of nitriles is 1. The Kier molecular flexibility index (Phi) is 6.25. The maximum absolute atomic E-state index is 13.6. The van der Waals surface area contributed by atoms with Gasteiger partial charge in [0, 0.05) is 29.7 Å². The Morgan fingerprint density at radius 3 is 2.33 bits per heavy atom. The van der Waals surface area contributed by atoms with Crippen molar-refractivity contribution in [2.45, 2.75) is 57.8 Å². The number of ether oxygens (including phenoxy) is 1. The van der Waals surface area contributed by atoms with Crippen molar-refractivity contribution in [1.29, 1.82) is 5.26 Å². The highest BCUT2D eigenvalue weighted by Gasteiger charge is 2.53. The molecule has 1 aromatic carbocycles. The summed E-state index contributed by atoms with van der Waals surface area (Å²) in [6.07, 6.45) is 11.0. The van der Waals surface area contributed by atoms with E-state index in [1.54, 1.807) is 6.92 Å². The fraction of sp³-hybridized carbons (Fsp3) is 0.452. The summed E-state index contributed by atoms with van der Waals surface area (Å²) in [5.74, 6) is 0.505. The van der Waals surface area contributed by atoms with Gasteiger partial charge < -0.3 is 4.74 Å². The van der Waals surface area contributed by atoms with Gasteiger partial charge in [0.15, 0.2) is 0 Å². The number of hydrogen-bond acceptors (Lipinski definition) is 6. The third kappa shape index (κ3) is 4.40. The van der Waals surface area contributed by atoms with Gasteiger partial charge in [-0.05, 0) is 87.0 Å². The lowest BCUT2D eigenvalue weighted by Gasteiger charge is -2.56. The lowest BCUT2D eigenvalue weighted by molar-refractivity contribution is -0.147. The number of benzene rings is 1. The van der Waals surface area contributed by atoms with Crippen LogP contribution in [0.2, 0.25) is 0 Å². The summed E-state index contributed by atoms with van der Waals surface area (Å²) in [7, 11) is 0. The fourth-order valence-electron chi connectivity index (χ4n) is 7.79. The first-order valence-corrected chi connectivity index (χ1v) is 13.8. The number of imide groups is 1. The molecule has 4 saturated carbocycles. The molecule has 0 radical (unpaired) electrons. The zero-order chi connectivity index (χ0) is 27.3. The topological polar surface area (TPSA) is 105 Å². The van der Waals surface area contributed by atoms with Crippen molar-refractivity contribution in [3.05, 3.63) is 64.5 Å². The van der Waals surface area contributed by atoms with Crippen LogP contribution in [0.25, 0.3) is 11.8 Å². The number of carbonyl (C=O) groups is 3. The molecule has 200 valence electrons. The second-order valence-corrected chi connectivity index (χ2v) is 11.7. The molecule has 5 aliphatic rings. The van der Waals surface area contributed by atoms with E-state index in [0.29, 0.717) is 11.1 Å². The lowest BCUT2D eigenvalue weighted by atomic mass is 9.48. The van der Waals surface area contributed by atoms with Crippen molar-refractivity contribution in [2.24, 2.45) is 17.8 Å². The van der Waals surface area contributed by atoms with Crippen LogP contribution in [-0.2, 0) is 24.5 Å². The first kappa shape index (κ1) is 25.3. The minimum atomic E-state index is -0.661. The fourth-order valence-corrected chi connectivity index (χ4v) is 7.79. The number of hydrogen-bond donors (Lipinski definition) is 0. The molecule has 1 aromatic heterocycles. The average Bonchev–Trinajstić information content (AvgIpc) is 3.33. The molecule has 39 heavy (non-hydrogen) atoms. The summed E-state index contributed by atoms with van der Waals surface area (Å²) in [6, 6.07) is 11.9. The molecule has 2 heterocycles. The monoisotopic (exact) mass is 524 g/mol. The Morgan fingerprint density at radius 2 is 1.74 bits per heavy atom. The van der Waals surface area contributed by atoms with E-state index in [-0.39, 0.29) is 24.1 Å². The molecule has 0 unspecified atom stereocenters. The largest absolute Gasteiger partial charge is 0.464 e. The van der Waals surface area contributed by atoms with E-state index in [0.717, 1.165) is 58.9 Å². The van der Waals surface area contributed by atoms with Crippen molar-refractivity contribution in [3.63, 3.8) is 0 Å². The van der Waals surface area contributed by atoms with Crippen LogP contribution in [0, 0.1) is 29.1 Å². The van der Waals surface area contributed by atoms with Crippen molar-refractivity contribution in [2.75, 3.05) is 13.2 Å². The molecule has 4 aliphatic carbocycles. The molecule has 4 bridgehead atoms. The molecule has 8 nitrogen and oxygen atoms in total. The molecule has 0 saturated heterocycles. The molecule has 2 amide bonds. The number of rotatable bonds is 6. The summed E-state index contributed by atoms with van der Waals surface area (Å²) in [5, 5.41) is 15.0. The zero-order valence-corrected chi connectivity index (χ0v) is 22.4. The summed E-state index contributed by atoms with van der Waals surface area (Å²) in [4.78, 5) is 38.9. The van der Waals surface area contributed by atoms with E-state index in [1.165, 1.54) is 26.2 Å². The second-order valence-electron chi connectivity index (χ2n) is 11.7. The average molecular weight is 525 g/mol. The van der Waals surface area contributed by atoms with Gasteiger partial charge in [-0.1, -0.05) is 18.2 Å². The lowest BCUT2D eigenvalue weighted by Crippen LogP contribution is -2.49. The molecule has 0 spiro atoms. The standard InChI is InChI=1S/C31H32N4O4/c1-19-26(29(37)34(8-9-39-20(2)36)30(38)27(19)17-32)13-24-18-35(25-6-4-3-5-7-25)33-28(24)31-14-21-10-22(15-31)12-23(11-21)16-31/h3-7,13,18,21-23H,8-12,14-16H2,1-2H3/b26-13+. The molecular formula is C31H32N4O4. The molecule has 7 rings (SSSR count). The molecule has 4 fully saturated rings. The van der Waals surface area contributed by atoms with Crippen LogP contribution in [-0.4, -0.2) is 45.6 Å². The van der Waals surface area contributed by atoms with Gasteiger partial charge in [-0.3, -0.25) is 19.3 Å². The third-order valence-corrected chi connectivity index (χ3v) is 9.05. The van der Waals surface area contributed by atoms with Crippen LogP contribution in [0.3, 0.4) is 0 Å². The first-order chi connectivity index (χ1) is 18.8. The number of para-hydroxylation sites is 1. The molecule has 8 heteroatoms. The third-order valence-electron chi connectivity index (χ3n) is 9.05. The maximum Gasteiger partial charge on any atom is 0.302 e. The zero-order valence-electron chi connectivity index (χ0n) is 22.4. The minimum Gasteiger partial charge on any atom is -0.464 e. The highest BCUT2D eigenvalue weighted by atomic mass is 16.5. The van der Waals surface area contributed by atoms with Crippen LogP contribution in [0.5, 0.6) is 0 Å². The molecular weight excluding hydrogens is 492 g/mol. The molecule has 0 atom stereocenters. The number of carbonyl (C=O) groups excluding carboxylic acids is 3. The van der Waals surface area contributed by atoms with Crippen LogP contribution in [0.4, 0.5) is 0 Å². The van der Waals surface area contributed by atoms with E-state index in [9.17, 15) is 19.6 Å². The van der Waals surface area contributed by atoms with Gasteiger partial charge in [-0.15, -0.1) is 0 Å². The SMILES string of the molecule is CC(=O)OCCN1C(=O)C(C#N)=C(C)/C(=C\c2cn(-c3ccccc3)nc2C23CC4CC(CC(C4)C2)C3)C1=O. The first-order valence-electron chi connectivity index (χ1n) is 13.8. The van der Waals surface area contributed by atoms with Crippen molar-refractivity contribution in [1.82, 2.24) is 14.7 Å². The minimum absolute atomic E-state index is 0.0284. The molecule has 0 N–H and O–H groups in total. The van der Waals surface area contributed by atoms with Gasteiger partial charge in [-0.25, -0.2) is 4.68 Å². The van der Waals surface area contributed by atoms with Gasteiger partial charge >= 0.3 is 5.97 Å². The van der Waals surface area contributed by atoms with Crippen LogP contribution >= 0.6 is 0 Å². The summed E-state index contributed by atoms with van der Waals surface area (Å²) < 4.78 is 6.87. The van der Waals surface area contributed by atoms with Crippen molar-refractivity contribution < 1.29 is 19.1 Å². The molecule has 1 aliphatic heterocycles. The smallest absolute Gasteiger partial charge is 0.302 e. The van der Waals surface area contributed by atoms with Gasteiger partial charge in [0.2, 0.25) is 0 Å². The Labute approximate surface area is 227 Å². The van der Waals surface area contributed by atoms with E-state index in [1.807, 2.05) is 53.4 Å². The van der Waals surface area contributed by atoms with Crippen LogP contribution < -0.4 is 0 Å². The number of amides is 2. The number of aromatic nitrogens is 2. The Hall–Kier alpha value is -3.99. The quantitative estimate of drug-likeness (QED) is 0.313. The number of esters is 1. The van der Waals surface area contributed by atoms with Gasteiger partial charge in [0.1, 0.15) is 18.2 Å². The predicted octanol–water partition coefficient (Wildman–Crippen LogP) is 4.50. The summed E-state index contributed by atoms with van der Waals surface area (Å²) in [6.45, 7) is 2.68. The highest BCUT2D eigenvalue weighted by Crippen LogP contribution is 2.61. The van der Waals surface area contributed by atoms with Gasteiger partial charge in [0.25, 0.3) is 11.8 Å². The highest BCUT2D eigenvalue weighted by molar-refractivity contribution is 6.19. The molecule has 2 aromatic rings. The van der Waals surface area contributed by atoms with Crippen LogP contribution in [0.15, 0.2) is 53.2 Å². The van der Waals surface area contributed by atoms with E-state index >= 15 is 0 Å². The Morgan fingerprint density at radius 1 is 1.10 bits per heavy atom.